The Morgan fingerprint density at radius 1 is 1.09 bits per heavy atom. The monoisotopic (exact) mass is 478 g/mol. The molecule has 3 rings (SSSR count). The molecule has 3 aromatic rings. The number of alkyl halides is 3. The van der Waals surface area contributed by atoms with Crippen molar-refractivity contribution in [1.82, 2.24) is 0 Å². The molecule has 0 atom stereocenters. The standard InChI is InChI=1S/C23H18ClF3N2O2S/c24-16-3-1-2-4-17(16)29-18(13-21(28)23(25,26)27)20-11-10-19(32-20)15-8-5-14(6-9-15)7-12-22(30)31/h1-6,8-11,13H,7,12,28H2,(H,30,31). The zero-order chi connectivity index (χ0) is 23.3. The van der Waals surface area contributed by atoms with E-state index in [1.165, 1.54) is 11.3 Å². The van der Waals surface area contributed by atoms with Crippen molar-refractivity contribution in [3.63, 3.8) is 0 Å². The van der Waals surface area contributed by atoms with E-state index in [0.717, 1.165) is 22.1 Å². The van der Waals surface area contributed by atoms with Crippen LogP contribution >= 0.6 is 22.9 Å². The molecule has 0 saturated carbocycles. The zero-order valence-corrected chi connectivity index (χ0v) is 18.1. The van der Waals surface area contributed by atoms with Gasteiger partial charge in [0.2, 0.25) is 0 Å². The van der Waals surface area contributed by atoms with Crippen molar-refractivity contribution in [2.45, 2.75) is 19.0 Å². The average Bonchev–Trinajstić information content (AvgIpc) is 3.23. The van der Waals surface area contributed by atoms with Gasteiger partial charge in [0.05, 0.1) is 21.3 Å². The molecule has 0 fully saturated rings. The van der Waals surface area contributed by atoms with Crippen LogP contribution < -0.4 is 5.73 Å². The molecule has 1 heterocycles. The first-order valence-corrected chi connectivity index (χ1v) is 10.6. The molecule has 9 heteroatoms. The number of nitrogens with zero attached hydrogens (tertiary/aromatic N) is 1. The number of carboxylic acid groups (broad SMARTS) is 1. The third-order valence-electron chi connectivity index (χ3n) is 4.44. The molecule has 0 amide bonds. The minimum atomic E-state index is -4.69. The second kappa shape index (κ2) is 10.0. The van der Waals surface area contributed by atoms with Crippen molar-refractivity contribution in [2.75, 3.05) is 0 Å². The minimum absolute atomic E-state index is 0.0390. The SMILES string of the molecule is NC(=CC(=Nc1ccccc1Cl)c1ccc(-c2ccc(CCC(=O)O)cc2)s1)C(F)(F)F. The van der Waals surface area contributed by atoms with E-state index < -0.39 is 17.8 Å². The van der Waals surface area contributed by atoms with Gasteiger partial charge in [0.1, 0.15) is 5.70 Å². The quantitative estimate of drug-likeness (QED) is 0.375. The number of aliphatic imine (C=N–C) groups is 1. The summed E-state index contributed by atoms with van der Waals surface area (Å²) in [4.78, 5) is 16.3. The second-order valence-electron chi connectivity index (χ2n) is 6.80. The number of aliphatic carboxylic acids is 1. The number of para-hydroxylation sites is 1. The summed E-state index contributed by atoms with van der Waals surface area (Å²) >= 11 is 7.39. The average molecular weight is 479 g/mol. The smallest absolute Gasteiger partial charge is 0.430 e. The van der Waals surface area contributed by atoms with Crippen LogP contribution in [0.15, 0.2) is 77.4 Å². The second-order valence-corrected chi connectivity index (χ2v) is 8.29. The van der Waals surface area contributed by atoms with Gasteiger partial charge < -0.3 is 10.8 Å². The Morgan fingerprint density at radius 2 is 1.78 bits per heavy atom. The molecule has 166 valence electrons. The highest BCUT2D eigenvalue weighted by atomic mass is 35.5. The molecule has 2 aromatic carbocycles. The summed E-state index contributed by atoms with van der Waals surface area (Å²) in [5.41, 5.74) is 6.09. The molecule has 0 spiro atoms. The lowest BCUT2D eigenvalue weighted by molar-refractivity contribution is -0.136. The van der Waals surface area contributed by atoms with Gasteiger partial charge in [-0.05, 0) is 47.9 Å². The van der Waals surface area contributed by atoms with Crippen LogP contribution in [0.1, 0.15) is 16.9 Å². The normalized spacial score (nSPS) is 12.8. The number of carboxylic acids is 1. The molecule has 0 unspecified atom stereocenters. The van der Waals surface area contributed by atoms with Crippen molar-refractivity contribution < 1.29 is 23.1 Å². The number of hydrogen-bond acceptors (Lipinski definition) is 4. The summed E-state index contributed by atoms with van der Waals surface area (Å²) < 4.78 is 39.2. The first kappa shape index (κ1) is 23.6. The third-order valence-corrected chi connectivity index (χ3v) is 5.91. The minimum Gasteiger partial charge on any atom is -0.481 e. The molecule has 0 aliphatic heterocycles. The Morgan fingerprint density at radius 3 is 2.41 bits per heavy atom. The van der Waals surface area contributed by atoms with Gasteiger partial charge in [-0.3, -0.25) is 4.79 Å². The van der Waals surface area contributed by atoms with Crippen LogP contribution in [0.3, 0.4) is 0 Å². The number of halogens is 4. The van der Waals surface area contributed by atoms with Gasteiger partial charge in [0, 0.05) is 11.3 Å². The number of benzene rings is 2. The van der Waals surface area contributed by atoms with Crippen molar-refractivity contribution in [3.8, 4) is 10.4 Å². The van der Waals surface area contributed by atoms with Gasteiger partial charge in [-0.15, -0.1) is 11.3 Å². The number of hydrogen-bond donors (Lipinski definition) is 2. The summed E-state index contributed by atoms with van der Waals surface area (Å²) in [6.07, 6.45) is -3.43. The van der Waals surface area contributed by atoms with E-state index in [4.69, 9.17) is 22.4 Å². The first-order chi connectivity index (χ1) is 15.1. The molecule has 3 N–H and O–H groups in total. The highest BCUT2D eigenvalue weighted by Crippen LogP contribution is 2.32. The van der Waals surface area contributed by atoms with Crippen LogP contribution in [0.5, 0.6) is 0 Å². The molecule has 0 radical (unpaired) electrons. The molecule has 0 aliphatic rings. The summed E-state index contributed by atoms with van der Waals surface area (Å²) in [7, 11) is 0. The zero-order valence-electron chi connectivity index (χ0n) is 16.6. The topological polar surface area (TPSA) is 75.7 Å². The number of aryl methyl sites for hydroxylation is 1. The van der Waals surface area contributed by atoms with Crippen LogP contribution in [0.25, 0.3) is 10.4 Å². The van der Waals surface area contributed by atoms with Gasteiger partial charge in [0.15, 0.2) is 0 Å². The lowest BCUT2D eigenvalue weighted by Crippen LogP contribution is -2.20. The molecule has 0 bridgehead atoms. The Hall–Kier alpha value is -3.10. The lowest BCUT2D eigenvalue weighted by atomic mass is 10.1. The Kier molecular flexibility index (Phi) is 7.37. The molecule has 0 aliphatic carbocycles. The predicted octanol–water partition coefficient (Wildman–Crippen LogP) is 6.61. The predicted molar refractivity (Wildman–Crippen MR) is 122 cm³/mol. The Bertz CT molecular complexity index is 1170. The van der Waals surface area contributed by atoms with Gasteiger partial charge >= 0.3 is 12.1 Å². The maximum absolute atomic E-state index is 13.1. The van der Waals surface area contributed by atoms with Crippen molar-refractivity contribution in [3.05, 3.63) is 87.9 Å². The Labute approximate surface area is 191 Å². The lowest BCUT2D eigenvalue weighted by Gasteiger charge is -2.08. The molecular formula is C23H18ClF3N2O2S. The van der Waals surface area contributed by atoms with Crippen LogP contribution in [-0.2, 0) is 11.2 Å². The fraction of sp³-hybridized carbons (Fsp3) is 0.130. The number of allylic oxidation sites excluding steroid dienone is 2. The van der Waals surface area contributed by atoms with Crippen LogP contribution in [-0.4, -0.2) is 23.0 Å². The van der Waals surface area contributed by atoms with Crippen LogP contribution in [0, 0.1) is 0 Å². The van der Waals surface area contributed by atoms with E-state index in [9.17, 15) is 18.0 Å². The van der Waals surface area contributed by atoms with Crippen LogP contribution in [0.2, 0.25) is 5.02 Å². The van der Waals surface area contributed by atoms with Crippen molar-refractivity contribution >= 4 is 40.3 Å². The summed E-state index contributed by atoms with van der Waals surface area (Å²) in [5.74, 6) is -0.867. The molecule has 1 aromatic heterocycles. The van der Waals surface area contributed by atoms with Gasteiger partial charge in [-0.1, -0.05) is 48.0 Å². The van der Waals surface area contributed by atoms with E-state index in [1.807, 2.05) is 24.3 Å². The van der Waals surface area contributed by atoms with Gasteiger partial charge in [-0.25, -0.2) is 4.99 Å². The van der Waals surface area contributed by atoms with Crippen molar-refractivity contribution in [1.29, 1.82) is 0 Å². The largest absolute Gasteiger partial charge is 0.481 e. The van der Waals surface area contributed by atoms with Gasteiger partial charge in [0.25, 0.3) is 0 Å². The maximum Gasteiger partial charge on any atom is 0.430 e. The van der Waals surface area contributed by atoms with Crippen LogP contribution in [0.4, 0.5) is 18.9 Å². The van der Waals surface area contributed by atoms with Gasteiger partial charge in [-0.2, -0.15) is 13.2 Å². The summed E-state index contributed by atoms with van der Waals surface area (Å²) in [6, 6.07) is 17.4. The number of rotatable bonds is 7. The highest BCUT2D eigenvalue weighted by Gasteiger charge is 2.32. The first-order valence-electron chi connectivity index (χ1n) is 9.42. The van der Waals surface area contributed by atoms with E-state index in [-0.39, 0.29) is 12.1 Å². The fourth-order valence-electron chi connectivity index (χ4n) is 2.78. The summed E-state index contributed by atoms with van der Waals surface area (Å²) in [6.45, 7) is 0. The summed E-state index contributed by atoms with van der Waals surface area (Å²) in [5, 5.41) is 9.10. The molecule has 4 nitrogen and oxygen atoms in total. The van der Waals surface area contributed by atoms with E-state index in [2.05, 4.69) is 4.99 Å². The maximum atomic E-state index is 13.1. The van der Waals surface area contributed by atoms with E-state index >= 15 is 0 Å². The number of thiophene rings is 1. The third kappa shape index (κ3) is 6.21. The molecular weight excluding hydrogens is 461 g/mol. The Balaban J connectivity index is 1.95. The number of carbonyl (C=O) groups is 1. The molecule has 32 heavy (non-hydrogen) atoms. The van der Waals surface area contributed by atoms with Crippen molar-refractivity contribution in [2.24, 2.45) is 10.7 Å². The van der Waals surface area contributed by atoms with E-state index in [1.54, 1.807) is 36.4 Å². The molecule has 0 saturated heterocycles. The highest BCUT2D eigenvalue weighted by molar-refractivity contribution is 7.17. The fourth-order valence-corrected chi connectivity index (χ4v) is 3.93. The van der Waals surface area contributed by atoms with E-state index in [0.29, 0.717) is 22.0 Å². The number of nitrogens with two attached hydrogens (primary N) is 1.